The van der Waals surface area contributed by atoms with Gasteiger partial charge in [0.2, 0.25) is 5.75 Å². The molecular formula is C19H34N4O4. The molecule has 0 heterocycles. The highest BCUT2D eigenvalue weighted by molar-refractivity contribution is 5.79. The van der Waals surface area contributed by atoms with E-state index < -0.39 is 0 Å². The Morgan fingerprint density at radius 1 is 1.00 bits per heavy atom. The van der Waals surface area contributed by atoms with Crippen molar-refractivity contribution < 1.29 is 18.9 Å². The second kappa shape index (κ2) is 13.1. The summed E-state index contributed by atoms with van der Waals surface area (Å²) in [4.78, 5) is 6.53. The standard InChI is InChI=1S/C19H34N4O4/c1-20-19(21-10-12-23(2)11-7-13-24-3)22-14-15-8-9-16(25-4)18(27-6)17(15)26-5/h8-9H,7,10-14H2,1-6H3,(H2,20,21,22). The smallest absolute Gasteiger partial charge is 0.203 e. The number of hydrogen-bond acceptors (Lipinski definition) is 6. The van der Waals surface area contributed by atoms with Crippen molar-refractivity contribution in [1.82, 2.24) is 15.5 Å². The molecule has 0 radical (unpaired) electrons. The molecule has 0 saturated heterocycles. The summed E-state index contributed by atoms with van der Waals surface area (Å²) in [5.74, 6) is 2.60. The van der Waals surface area contributed by atoms with E-state index in [0.29, 0.717) is 23.8 Å². The molecule has 8 nitrogen and oxygen atoms in total. The first-order valence-corrected chi connectivity index (χ1v) is 9.01. The van der Waals surface area contributed by atoms with Gasteiger partial charge in [0.1, 0.15) is 0 Å². The number of benzene rings is 1. The zero-order chi connectivity index (χ0) is 20.1. The second-order valence-electron chi connectivity index (χ2n) is 6.00. The second-order valence-corrected chi connectivity index (χ2v) is 6.00. The van der Waals surface area contributed by atoms with Crippen LogP contribution in [0.4, 0.5) is 0 Å². The van der Waals surface area contributed by atoms with E-state index in [1.165, 1.54) is 0 Å². The van der Waals surface area contributed by atoms with Crippen molar-refractivity contribution in [2.75, 3.05) is 68.8 Å². The number of aliphatic imine (C=N–C) groups is 1. The normalized spacial score (nSPS) is 11.4. The first-order valence-electron chi connectivity index (χ1n) is 9.01. The first kappa shape index (κ1) is 22.9. The van der Waals surface area contributed by atoms with Crippen LogP contribution in [0.25, 0.3) is 0 Å². The minimum atomic E-state index is 0.548. The van der Waals surface area contributed by atoms with Crippen LogP contribution in [0, 0.1) is 0 Å². The van der Waals surface area contributed by atoms with E-state index in [9.17, 15) is 0 Å². The van der Waals surface area contributed by atoms with Gasteiger partial charge in [-0.25, -0.2) is 0 Å². The zero-order valence-corrected chi connectivity index (χ0v) is 17.4. The lowest BCUT2D eigenvalue weighted by Gasteiger charge is -2.19. The third-order valence-corrected chi connectivity index (χ3v) is 4.13. The van der Waals surface area contributed by atoms with Crippen molar-refractivity contribution in [1.29, 1.82) is 0 Å². The fourth-order valence-electron chi connectivity index (χ4n) is 2.66. The van der Waals surface area contributed by atoms with Crippen molar-refractivity contribution in [3.8, 4) is 17.2 Å². The maximum atomic E-state index is 5.51. The molecule has 1 aromatic rings. The highest BCUT2D eigenvalue weighted by atomic mass is 16.5. The molecule has 0 bridgehead atoms. The number of rotatable bonds is 12. The topological polar surface area (TPSA) is 76.6 Å². The van der Waals surface area contributed by atoms with Gasteiger partial charge in [-0.15, -0.1) is 0 Å². The quantitative estimate of drug-likeness (QED) is 0.321. The Labute approximate surface area is 162 Å². The molecule has 0 aliphatic rings. The first-order chi connectivity index (χ1) is 13.1. The molecule has 0 atom stereocenters. The predicted molar refractivity (Wildman–Crippen MR) is 108 cm³/mol. The predicted octanol–water partition coefficient (Wildman–Crippen LogP) is 1.35. The summed E-state index contributed by atoms with van der Waals surface area (Å²) in [5, 5.41) is 6.62. The largest absolute Gasteiger partial charge is 0.493 e. The van der Waals surface area contributed by atoms with Crippen molar-refractivity contribution in [2.24, 2.45) is 4.99 Å². The number of nitrogens with one attached hydrogen (secondary N) is 2. The maximum absolute atomic E-state index is 5.51. The van der Waals surface area contributed by atoms with E-state index in [1.807, 2.05) is 12.1 Å². The summed E-state index contributed by atoms with van der Waals surface area (Å²) in [6.45, 7) is 4.06. The Morgan fingerprint density at radius 2 is 1.74 bits per heavy atom. The van der Waals surface area contributed by atoms with Gasteiger partial charge in [-0.1, -0.05) is 0 Å². The van der Waals surface area contributed by atoms with Crippen LogP contribution < -0.4 is 24.8 Å². The van der Waals surface area contributed by atoms with Crippen molar-refractivity contribution >= 4 is 5.96 Å². The molecule has 1 rings (SSSR count). The minimum absolute atomic E-state index is 0.548. The Bertz CT molecular complexity index is 581. The molecule has 8 heteroatoms. The summed E-state index contributed by atoms with van der Waals surface area (Å²) in [5.41, 5.74) is 0.954. The average molecular weight is 383 g/mol. The monoisotopic (exact) mass is 382 g/mol. The molecule has 154 valence electrons. The maximum Gasteiger partial charge on any atom is 0.203 e. The molecule has 0 fully saturated rings. The van der Waals surface area contributed by atoms with Gasteiger partial charge in [-0.05, 0) is 25.6 Å². The van der Waals surface area contributed by atoms with Crippen LogP contribution in [-0.4, -0.2) is 79.6 Å². The molecule has 0 unspecified atom stereocenters. The summed E-state index contributed by atoms with van der Waals surface area (Å²) in [7, 11) is 10.4. The van der Waals surface area contributed by atoms with Gasteiger partial charge >= 0.3 is 0 Å². The lowest BCUT2D eigenvalue weighted by Crippen LogP contribution is -2.40. The van der Waals surface area contributed by atoms with Gasteiger partial charge in [0.05, 0.1) is 21.3 Å². The SMILES string of the molecule is CN=C(NCCN(C)CCCOC)NCc1ccc(OC)c(OC)c1OC. The highest BCUT2D eigenvalue weighted by Gasteiger charge is 2.15. The number of guanidine groups is 1. The lowest BCUT2D eigenvalue weighted by atomic mass is 10.1. The fraction of sp³-hybridized carbons (Fsp3) is 0.632. The molecule has 0 aromatic heterocycles. The average Bonchev–Trinajstić information content (AvgIpc) is 2.69. The number of methoxy groups -OCH3 is 4. The van der Waals surface area contributed by atoms with Crippen molar-refractivity contribution in [3.63, 3.8) is 0 Å². The Balaban J connectivity index is 2.55. The molecule has 0 saturated carbocycles. The summed E-state index contributed by atoms with van der Waals surface area (Å²) in [6.07, 6.45) is 1.03. The Hall–Kier alpha value is -2.19. The zero-order valence-electron chi connectivity index (χ0n) is 17.4. The molecule has 0 aliphatic carbocycles. The van der Waals surface area contributed by atoms with Crippen LogP contribution in [0.15, 0.2) is 17.1 Å². The molecule has 0 spiro atoms. The molecule has 0 aliphatic heterocycles. The van der Waals surface area contributed by atoms with Crippen LogP contribution in [0.2, 0.25) is 0 Å². The van der Waals surface area contributed by atoms with Crippen LogP contribution in [0.3, 0.4) is 0 Å². The Morgan fingerprint density at radius 3 is 2.33 bits per heavy atom. The number of ether oxygens (including phenoxy) is 4. The molecule has 2 N–H and O–H groups in total. The molecule has 27 heavy (non-hydrogen) atoms. The number of likely N-dealkylation sites (N-methyl/N-ethyl adjacent to an activating group) is 1. The van der Waals surface area contributed by atoms with Gasteiger partial charge in [0.25, 0.3) is 0 Å². The van der Waals surface area contributed by atoms with Crippen LogP contribution in [0.1, 0.15) is 12.0 Å². The fourth-order valence-corrected chi connectivity index (χ4v) is 2.66. The molecular weight excluding hydrogens is 348 g/mol. The van der Waals surface area contributed by atoms with Gasteiger partial charge in [0, 0.05) is 52.5 Å². The van der Waals surface area contributed by atoms with Gasteiger partial charge in [0.15, 0.2) is 17.5 Å². The van der Waals surface area contributed by atoms with E-state index in [-0.39, 0.29) is 0 Å². The van der Waals surface area contributed by atoms with E-state index in [1.54, 1.807) is 35.5 Å². The summed E-state index contributed by atoms with van der Waals surface area (Å²) in [6, 6.07) is 3.81. The summed E-state index contributed by atoms with van der Waals surface area (Å²) >= 11 is 0. The number of hydrogen-bond donors (Lipinski definition) is 2. The Kier molecular flexibility index (Phi) is 11.0. The minimum Gasteiger partial charge on any atom is -0.493 e. The highest BCUT2D eigenvalue weighted by Crippen LogP contribution is 2.39. The van der Waals surface area contributed by atoms with E-state index in [0.717, 1.165) is 44.2 Å². The van der Waals surface area contributed by atoms with Crippen LogP contribution in [-0.2, 0) is 11.3 Å². The third-order valence-electron chi connectivity index (χ3n) is 4.13. The van der Waals surface area contributed by atoms with Gasteiger partial charge in [-0.2, -0.15) is 0 Å². The van der Waals surface area contributed by atoms with E-state index >= 15 is 0 Å². The van der Waals surface area contributed by atoms with Crippen LogP contribution >= 0.6 is 0 Å². The van der Waals surface area contributed by atoms with E-state index in [2.05, 4.69) is 27.6 Å². The molecule has 1 aromatic carbocycles. The van der Waals surface area contributed by atoms with Crippen LogP contribution in [0.5, 0.6) is 17.2 Å². The lowest BCUT2D eigenvalue weighted by molar-refractivity contribution is 0.180. The van der Waals surface area contributed by atoms with Crippen molar-refractivity contribution in [3.05, 3.63) is 17.7 Å². The third kappa shape index (κ3) is 7.52. The number of nitrogens with zero attached hydrogens (tertiary/aromatic N) is 2. The van der Waals surface area contributed by atoms with Gasteiger partial charge < -0.3 is 34.5 Å². The van der Waals surface area contributed by atoms with Crippen molar-refractivity contribution in [2.45, 2.75) is 13.0 Å². The summed E-state index contributed by atoms with van der Waals surface area (Å²) < 4.78 is 21.3. The molecule has 0 amide bonds. The van der Waals surface area contributed by atoms with Gasteiger partial charge in [-0.3, -0.25) is 4.99 Å². The van der Waals surface area contributed by atoms with E-state index in [4.69, 9.17) is 18.9 Å².